The molecule has 3 rings (SSSR count). The van der Waals surface area contributed by atoms with Gasteiger partial charge in [-0.3, -0.25) is 4.79 Å². The first-order valence-electron chi connectivity index (χ1n) is 12.6. The molecule has 0 aliphatic heterocycles. The summed E-state index contributed by atoms with van der Waals surface area (Å²) >= 11 is 5.85. The molecule has 36 heavy (non-hydrogen) atoms. The number of amides is 1. The zero-order valence-electron chi connectivity index (χ0n) is 21.2. The Hall–Kier alpha value is -2.64. The van der Waals surface area contributed by atoms with Crippen LogP contribution in [-0.4, -0.2) is 42.8 Å². The monoisotopic (exact) mass is 518 g/mol. The first-order chi connectivity index (χ1) is 17.2. The average molecular weight is 519 g/mol. The number of methoxy groups -OCH3 is 1. The molecular formula is C28H36ClFN2O4. The number of nitrogens with zero attached hydrogens (tertiary/aromatic N) is 1. The van der Waals surface area contributed by atoms with E-state index in [1.807, 2.05) is 18.2 Å². The molecule has 0 heterocycles. The van der Waals surface area contributed by atoms with E-state index in [0.29, 0.717) is 17.6 Å². The van der Waals surface area contributed by atoms with Crippen molar-refractivity contribution in [1.82, 2.24) is 0 Å². The van der Waals surface area contributed by atoms with Crippen LogP contribution < -0.4 is 10.2 Å². The lowest BCUT2D eigenvalue weighted by atomic mass is 9.92. The number of carbonyl (C=O) groups is 2. The molecular weight excluding hydrogens is 483 g/mol. The Morgan fingerprint density at radius 2 is 1.89 bits per heavy atom. The van der Waals surface area contributed by atoms with Crippen molar-refractivity contribution in [3.63, 3.8) is 0 Å². The Balaban J connectivity index is 1.95. The van der Waals surface area contributed by atoms with E-state index in [0.717, 1.165) is 30.6 Å². The number of halogens is 2. The lowest BCUT2D eigenvalue weighted by Gasteiger charge is -2.38. The second-order valence-electron chi connectivity index (χ2n) is 9.92. The van der Waals surface area contributed by atoms with Gasteiger partial charge in [-0.05, 0) is 54.2 Å². The minimum absolute atomic E-state index is 0.143. The SMILES string of the molecule is COC(Cc1ccc(N(CC(C)C)C2CCCCC2)c(NC(=O)Cc2ccc(Cl)cc2F)c1)C(=O)O. The van der Waals surface area contributed by atoms with E-state index < -0.39 is 17.9 Å². The second kappa shape index (κ2) is 13.1. The number of carbonyl (C=O) groups excluding carboxylic acids is 1. The van der Waals surface area contributed by atoms with E-state index in [9.17, 15) is 19.1 Å². The molecule has 1 aliphatic rings. The summed E-state index contributed by atoms with van der Waals surface area (Å²) in [6.07, 6.45) is 4.77. The average Bonchev–Trinajstić information content (AvgIpc) is 2.83. The van der Waals surface area contributed by atoms with Crippen LogP contribution >= 0.6 is 11.6 Å². The fourth-order valence-electron chi connectivity index (χ4n) is 4.81. The third-order valence-corrected chi connectivity index (χ3v) is 6.80. The summed E-state index contributed by atoms with van der Waals surface area (Å²) in [5.74, 6) is -1.53. The van der Waals surface area contributed by atoms with E-state index in [1.54, 1.807) is 6.07 Å². The molecule has 1 saturated carbocycles. The molecule has 2 aromatic rings. The van der Waals surface area contributed by atoms with Crippen molar-refractivity contribution < 1.29 is 23.8 Å². The van der Waals surface area contributed by atoms with Crippen LogP contribution in [0, 0.1) is 11.7 Å². The summed E-state index contributed by atoms with van der Waals surface area (Å²) in [4.78, 5) is 26.9. The van der Waals surface area contributed by atoms with E-state index in [2.05, 4.69) is 24.1 Å². The Kier molecular flexibility index (Phi) is 10.1. The lowest BCUT2D eigenvalue weighted by Crippen LogP contribution is -2.40. The number of aliphatic carboxylic acids is 1. The predicted octanol–water partition coefficient (Wildman–Crippen LogP) is 6.10. The van der Waals surface area contributed by atoms with Gasteiger partial charge in [0.25, 0.3) is 0 Å². The van der Waals surface area contributed by atoms with Crippen LogP contribution in [0.5, 0.6) is 0 Å². The third-order valence-electron chi connectivity index (χ3n) is 6.57. The summed E-state index contributed by atoms with van der Waals surface area (Å²) in [5.41, 5.74) is 2.48. The Morgan fingerprint density at radius 1 is 1.17 bits per heavy atom. The minimum Gasteiger partial charge on any atom is -0.479 e. The summed E-state index contributed by atoms with van der Waals surface area (Å²) in [7, 11) is 1.37. The summed E-state index contributed by atoms with van der Waals surface area (Å²) in [5, 5.41) is 12.7. The minimum atomic E-state index is -1.05. The zero-order valence-corrected chi connectivity index (χ0v) is 22.0. The molecule has 2 aromatic carbocycles. The number of rotatable bonds is 11. The first-order valence-corrected chi connectivity index (χ1v) is 12.9. The smallest absolute Gasteiger partial charge is 0.333 e. The highest BCUT2D eigenvalue weighted by Crippen LogP contribution is 2.34. The van der Waals surface area contributed by atoms with Gasteiger partial charge >= 0.3 is 5.97 Å². The third kappa shape index (κ3) is 7.68. The molecule has 0 spiro atoms. The zero-order chi connectivity index (χ0) is 26.2. The van der Waals surface area contributed by atoms with Gasteiger partial charge in [0.2, 0.25) is 5.91 Å². The Labute approximate surface area is 217 Å². The Morgan fingerprint density at radius 3 is 2.50 bits per heavy atom. The molecule has 1 fully saturated rings. The maximum absolute atomic E-state index is 14.3. The topological polar surface area (TPSA) is 78.9 Å². The molecule has 1 amide bonds. The molecule has 1 unspecified atom stereocenters. The Bertz CT molecular complexity index is 1060. The highest BCUT2D eigenvalue weighted by atomic mass is 35.5. The molecule has 6 nitrogen and oxygen atoms in total. The standard InChI is InChI=1S/C28H36ClFN2O4/c1-18(2)17-32(22-7-5-4-6-8-22)25-12-9-19(14-26(36-3)28(34)35)13-24(25)31-27(33)15-20-10-11-21(29)16-23(20)30/h9-13,16,18,22,26H,4-8,14-15,17H2,1-3H3,(H,31,33)(H,34,35). The van der Waals surface area contributed by atoms with E-state index in [-0.39, 0.29) is 29.3 Å². The van der Waals surface area contributed by atoms with Crippen molar-refractivity contribution in [3.8, 4) is 0 Å². The summed E-state index contributed by atoms with van der Waals surface area (Å²) < 4.78 is 19.4. The van der Waals surface area contributed by atoms with Crippen LogP contribution in [0.25, 0.3) is 0 Å². The van der Waals surface area contributed by atoms with Gasteiger partial charge in [0.15, 0.2) is 6.10 Å². The molecule has 0 saturated heterocycles. The quantitative estimate of drug-likeness (QED) is 0.376. The normalized spacial score (nSPS) is 15.1. The number of nitrogens with one attached hydrogen (secondary N) is 1. The number of carboxylic acids is 1. The van der Waals surface area contributed by atoms with Gasteiger partial charge < -0.3 is 20.1 Å². The number of hydrogen-bond donors (Lipinski definition) is 2. The maximum atomic E-state index is 14.3. The molecule has 8 heteroatoms. The van der Waals surface area contributed by atoms with E-state index in [4.69, 9.17) is 16.3 Å². The lowest BCUT2D eigenvalue weighted by molar-refractivity contribution is -0.148. The van der Waals surface area contributed by atoms with Crippen molar-refractivity contribution >= 4 is 34.9 Å². The fraction of sp³-hybridized carbons (Fsp3) is 0.500. The van der Waals surface area contributed by atoms with Gasteiger partial charge in [-0.25, -0.2) is 9.18 Å². The molecule has 1 aliphatic carbocycles. The van der Waals surface area contributed by atoms with Crippen molar-refractivity contribution in [2.45, 2.75) is 70.9 Å². The van der Waals surface area contributed by atoms with Crippen LogP contribution in [0.4, 0.5) is 15.8 Å². The number of anilines is 2. The van der Waals surface area contributed by atoms with Gasteiger partial charge in [0, 0.05) is 31.1 Å². The van der Waals surface area contributed by atoms with Crippen molar-refractivity contribution in [2.24, 2.45) is 5.92 Å². The molecule has 0 aromatic heterocycles. The predicted molar refractivity (Wildman–Crippen MR) is 141 cm³/mol. The van der Waals surface area contributed by atoms with Crippen LogP contribution in [0.1, 0.15) is 57.1 Å². The van der Waals surface area contributed by atoms with Crippen LogP contribution in [0.15, 0.2) is 36.4 Å². The number of hydrogen-bond acceptors (Lipinski definition) is 4. The molecule has 1 atom stereocenters. The van der Waals surface area contributed by atoms with Crippen LogP contribution in [0.2, 0.25) is 5.02 Å². The van der Waals surface area contributed by atoms with Crippen molar-refractivity contribution in [1.29, 1.82) is 0 Å². The molecule has 196 valence electrons. The summed E-state index contributed by atoms with van der Waals surface area (Å²) in [6.45, 7) is 5.16. The van der Waals surface area contributed by atoms with Gasteiger partial charge in [-0.2, -0.15) is 0 Å². The molecule has 0 bridgehead atoms. The molecule has 2 N–H and O–H groups in total. The van der Waals surface area contributed by atoms with Crippen LogP contribution in [-0.2, 0) is 27.2 Å². The highest BCUT2D eigenvalue weighted by molar-refractivity contribution is 6.30. The van der Waals surface area contributed by atoms with Gasteiger partial charge in [0.1, 0.15) is 5.82 Å². The second-order valence-corrected chi connectivity index (χ2v) is 10.4. The van der Waals surface area contributed by atoms with Crippen molar-refractivity contribution in [3.05, 3.63) is 58.4 Å². The van der Waals surface area contributed by atoms with Gasteiger partial charge in [0.05, 0.1) is 17.8 Å². The fourth-order valence-corrected chi connectivity index (χ4v) is 4.97. The number of ether oxygens (including phenoxy) is 1. The molecule has 0 radical (unpaired) electrons. The van der Waals surface area contributed by atoms with Gasteiger partial charge in [-0.15, -0.1) is 0 Å². The van der Waals surface area contributed by atoms with E-state index in [1.165, 1.54) is 38.5 Å². The number of benzene rings is 2. The van der Waals surface area contributed by atoms with Gasteiger partial charge in [-0.1, -0.05) is 56.8 Å². The highest BCUT2D eigenvalue weighted by Gasteiger charge is 2.26. The van der Waals surface area contributed by atoms with Crippen LogP contribution in [0.3, 0.4) is 0 Å². The number of carboxylic acid groups (broad SMARTS) is 1. The van der Waals surface area contributed by atoms with E-state index >= 15 is 0 Å². The largest absolute Gasteiger partial charge is 0.479 e. The first kappa shape index (κ1) is 27.9. The van der Waals surface area contributed by atoms with Crippen molar-refractivity contribution in [2.75, 3.05) is 23.9 Å². The maximum Gasteiger partial charge on any atom is 0.333 e. The summed E-state index contributed by atoms with van der Waals surface area (Å²) in [6, 6.07) is 10.3.